The summed E-state index contributed by atoms with van der Waals surface area (Å²) in [5, 5.41) is 12.2. The predicted octanol–water partition coefficient (Wildman–Crippen LogP) is 2.62. The van der Waals surface area contributed by atoms with Crippen molar-refractivity contribution in [2.45, 2.75) is 51.4 Å². The van der Waals surface area contributed by atoms with Gasteiger partial charge < -0.3 is 15.1 Å². The van der Waals surface area contributed by atoms with E-state index in [1.165, 1.54) is 5.56 Å². The van der Waals surface area contributed by atoms with Crippen LogP contribution in [0.5, 0.6) is 0 Å². The molecule has 2 fully saturated rings. The van der Waals surface area contributed by atoms with Gasteiger partial charge in [-0.3, -0.25) is 4.90 Å². The molecule has 0 saturated carbocycles. The minimum absolute atomic E-state index is 0.0191. The average molecular weight is 434 g/mol. The Hall–Kier alpha value is -3.18. The number of benzene rings is 1. The molecule has 0 bridgehead atoms. The Kier molecular flexibility index (Phi) is 6.86. The summed E-state index contributed by atoms with van der Waals surface area (Å²) < 4.78 is 0. The lowest BCUT2D eigenvalue weighted by molar-refractivity contribution is 0.156. The van der Waals surface area contributed by atoms with E-state index in [-0.39, 0.29) is 24.2 Å². The molecule has 2 aliphatic rings. The molecule has 0 aliphatic carbocycles. The summed E-state index contributed by atoms with van der Waals surface area (Å²) in [6.07, 6.45) is 5.04. The molecular weight excluding hydrogens is 402 g/mol. The summed E-state index contributed by atoms with van der Waals surface area (Å²) in [7, 11) is 0. The van der Waals surface area contributed by atoms with Crippen LogP contribution in [-0.2, 0) is 6.54 Å². The summed E-state index contributed by atoms with van der Waals surface area (Å²) in [6.45, 7) is 8.36. The van der Waals surface area contributed by atoms with Gasteiger partial charge in [0.2, 0.25) is 5.95 Å². The standard InChI is InChI=1S/C24H31N7O/c1-18-15-30(16-19(2)31(18)23-26-13-21(12-25)14-27-23)24(32)28-22-8-10-29(11-9-22)17-20-6-4-3-5-7-20/h3-7,13-14,18-19,22H,8-11,15-17H2,1-2H3,(H,28,32)/t18-,19-/m1/s1. The van der Waals surface area contributed by atoms with Gasteiger partial charge in [0.25, 0.3) is 0 Å². The average Bonchev–Trinajstić information content (AvgIpc) is 2.81. The quantitative estimate of drug-likeness (QED) is 0.797. The first kappa shape index (κ1) is 22.0. The van der Waals surface area contributed by atoms with Gasteiger partial charge in [0.05, 0.1) is 18.0 Å². The van der Waals surface area contributed by atoms with Crippen molar-refractivity contribution < 1.29 is 4.79 Å². The molecule has 8 heteroatoms. The predicted molar refractivity (Wildman–Crippen MR) is 123 cm³/mol. The molecule has 168 valence electrons. The summed E-state index contributed by atoms with van der Waals surface area (Å²) in [5.41, 5.74) is 1.78. The van der Waals surface area contributed by atoms with Crippen molar-refractivity contribution >= 4 is 12.0 Å². The highest BCUT2D eigenvalue weighted by Gasteiger charge is 2.34. The fourth-order valence-electron chi connectivity index (χ4n) is 4.74. The number of anilines is 1. The Balaban J connectivity index is 1.27. The number of carbonyl (C=O) groups excluding carboxylic acids is 1. The lowest BCUT2D eigenvalue weighted by Crippen LogP contribution is -2.61. The van der Waals surface area contributed by atoms with E-state index in [1.807, 2.05) is 17.0 Å². The van der Waals surface area contributed by atoms with Crippen LogP contribution in [0.15, 0.2) is 42.7 Å². The van der Waals surface area contributed by atoms with Crippen molar-refractivity contribution in [3.05, 3.63) is 53.9 Å². The SMILES string of the molecule is C[C@@H]1CN(C(=O)NC2CCN(Cc3ccccc3)CC2)C[C@@H](C)N1c1ncc(C#N)cn1. The van der Waals surface area contributed by atoms with Crippen LogP contribution in [0.3, 0.4) is 0 Å². The molecule has 2 atom stereocenters. The first-order valence-electron chi connectivity index (χ1n) is 11.4. The maximum absolute atomic E-state index is 13.0. The van der Waals surface area contributed by atoms with Crippen molar-refractivity contribution in [3.8, 4) is 6.07 Å². The Morgan fingerprint density at radius 2 is 1.72 bits per heavy atom. The van der Waals surface area contributed by atoms with E-state index < -0.39 is 0 Å². The molecular formula is C24H31N7O. The zero-order chi connectivity index (χ0) is 22.5. The van der Waals surface area contributed by atoms with Crippen molar-refractivity contribution in [2.75, 3.05) is 31.1 Å². The third-order valence-electron chi connectivity index (χ3n) is 6.37. The van der Waals surface area contributed by atoms with E-state index in [0.717, 1.165) is 32.5 Å². The fraction of sp³-hybridized carbons (Fsp3) is 0.500. The lowest BCUT2D eigenvalue weighted by atomic mass is 10.0. The molecule has 2 aliphatic heterocycles. The number of amides is 2. The highest BCUT2D eigenvalue weighted by molar-refractivity contribution is 5.75. The number of nitriles is 1. The number of carbonyl (C=O) groups is 1. The number of piperazine rings is 1. The maximum atomic E-state index is 13.0. The van der Waals surface area contributed by atoms with E-state index >= 15 is 0 Å². The largest absolute Gasteiger partial charge is 0.335 e. The molecule has 32 heavy (non-hydrogen) atoms. The van der Waals surface area contributed by atoms with Gasteiger partial charge in [-0.2, -0.15) is 5.26 Å². The second-order valence-electron chi connectivity index (χ2n) is 8.88. The summed E-state index contributed by atoms with van der Waals surface area (Å²) >= 11 is 0. The molecule has 0 radical (unpaired) electrons. The minimum Gasteiger partial charge on any atom is -0.335 e. The second kappa shape index (κ2) is 9.96. The molecule has 4 rings (SSSR count). The molecule has 0 spiro atoms. The zero-order valence-electron chi connectivity index (χ0n) is 18.8. The number of hydrogen-bond acceptors (Lipinski definition) is 6. The lowest BCUT2D eigenvalue weighted by Gasteiger charge is -2.44. The molecule has 0 unspecified atom stereocenters. The van der Waals surface area contributed by atoms with Crippen molar-refractivity contribution in [1.82, 2.24) is 25.1 Å². The Morgan fingerprint density at radius 3 is 2.31 bits per heavy atom. The second-order valence-corrected chi connectivity index (χ2v) is 8.88. The number of nitrogens with one attached hydrogen (secondary N) is 1. The molecule has 1 aromatic heterocycles. The van der Waals surface area contributed by atoms with Crippen LogP contribution in [0.1, 0.15) is 37.8 Å². The molecule has 3 heterocycles. The van der Waals surface area contributed by atoms with Crippen LogP contribution in [0, 0.1) is 11.3 Å². The van der Waals surface area contributed by atoms with Crippen LogP contribution in [0.4, 0.5) is 10.7 Å². The monoisotopic (exact) mass is 433 g/mol. The fourth-order valence-corrected chi connectivity index (χ4v) is 4.74. The number of rotatable bonds is 4. The number of aromatic nitrogens is 2. The number of likely N-dealkylation sites (tertiary alicyclic amines) is 1. The summed E-state index contributed by atoms with van der Waals surface area (Å²) in [5.74, 6) is 0.606. The van der Waals surface area contributed by atoms with Crippen LogP contribution in [0.25, 0.3) is 0 Å². The van der Waals surface area contributed by atoms with Crippen molar-refractivity contribution in [2.24, 2.45) is 0 Å². The molecule has 2 saturated heterocycles. The smallest absolute Gasteiger partial charge is 0.317 e. The summed E-state index contributed by atoms with van der Waals surface area (Å²) in [4.78, 5) is 28.2. The van der Waals surface area contributed by atoms with E-state index in [2.05, 4.69) is 63.2 Å². The maximum Gasteiger partial charge on any atom is 0.317 e. The van der Waals surface area contributed by atoms with E-state index in [4.69, 9.17) is 5.26 Å². The van der Waals surface area contributed by atoms with Gasteiger partial charge in [0.15, 0.2) is 0 Å². The van der Waals surface area contributed by atoms with Crippen LogP contribution >= 0.6 is 0 Å². The number of nitrogens with zero attached hydrogens (tertiary/aromatic N) is 6. The van der Waals surface area contributed by atoms with Crippen LogP contribution < -0.4 is 10.2 Å². The number of piperidine rings is 1. The topological polar surface area (TPSA) is 88.4 Å². The van der Waals surface area contributed by atoms with Gasteiger partial charge in [-0.1, -0.05) is 30.3 Å². The third-order valence-corrected chi connectivity index (χ3v) is 6.37. The number of urea groups is 1. The van der Waals surface area contributed by atoms with Gasteiger partial charge in [0.1, 0.15) is 6.07 Å². The highest BCUT2D eigenvalue weighted by Crippen LogP contribution is 2.22. The van der Waals surface area contributed by atoms with Gasteiger partial charge in [-0.25, -0.2) is 14.8 Å². The minimum atomic E-state index is 0.0191. The Labute approximate surface area is 189 Å². The Bertz CT molecular complexity index is 923. The molecule has 1 N–H and O–H groups in total. The normalized spacial score (nSPS) is 22.4. The van der Waals surface area contributed by atoms with Gasteiger partial charge in [-0.05, 0) is 32.3 Å². The van der Waals surface area contributed by atoms with Gasteiger partial charge >= 0.3 is 6.03 Å². The van der Waals surface area contributed by atoms with Gasteiger partial charge in [-0.15, -0.1) is 0 Å². The number of hydrogen-bond donors (Lipinski definition) is 1. The molecule has 2 amide bonds. The zero-order valence-corrected chi connectivity index (χ0v) is 18.8. The van der Waals surface area contributed by atoms with Crippen molar-refractivity contribution in [3.63, 3.8) is 0 Å². The van der Waals surface area contributed by atoms with Gasteiger partial charge in [0, 0.05) is 50.8 Å². The highest BCUT2D eigenvalue weighted by atomic mass is 16.2. The van der Waals surface area contributed by atoms with E-state index in [9.17, 15) is 4.79 Å². The van der Waals surface area contributed by atoms with E-state index in [0.29, 0.717) is 24.6 Å². The first-order valence-corrected chi connectivity index (χ1v) is 11.4. The van der Waals surface area contributed by atoms with Crippen molar-refractivity contribution in [1.29, 1.82) is 5.26 Å². The summed E-state index contributed by atoms with van der Waals surface area (Å²) in [6, 6.07) is 13.0. The molecule has 2 aromatic rings. The Morgan fingerprint density at radius 1 is 1.09 bits per heavy atom. The first-order chi connectivity index (χ1) is 15.5. The van der Waals surface area contributed by atoms with E-state index in [1.54, 1.807) is 12.4 Å². The third kappa shape index (κ3) is 5.17. The van der Waals surface area contributed by atoms with Crippen LogP contribution in [-0.4, -0.2) is 70.1 Å². The molecule has 1 aromatic carbocycles. The molecule has 8 nitrogen and oxygen atoms in total. The van der Waals surface area contributed by atoms with Crippen LogP contribution in [0.2, 0.25) is 0 Å².